The Morgan fingerprint density at radius 3 is 1.94 bits per heavy atom. The van der Waals surface area contributed by atoms with Crippen LogP contribution in [0.2, 0.25) is 0 Å². The van der Waals surface area contributed by atoms with Crippen molar-refractivity contribution in [1.82, 2.24) is 0 Å². The summed E-state index contributed by atoms with van der Waals surface area (Å²) in [7, 11) is 0. The Hall–Kier alpha value is -1.34. The van der Waals surface area contributed by atoms with Gasteiger partial charge in [-0.25, -0.2) is 0 Å². The summed E-state index contributed by atoms with van der Waals surface area (Å²) in [5.41, 5.74) is 6.94. The monoisotopic (exact) mass is 544 g/mol. The van der Waals surface area contributed by atoms with Crippen molar-refractivity contribution in [3.8, 4) is 0 Å². The molecule has 1 aromatic rings. The van der Waals surface area contributed by atoms with Gasteiger partial charge < -0.3 is 4.90 Å². The molecule has 0 saturated heterocycles. The average Bonchev–Trinajstić information content (AvgIpc) is 3.19. The number of fused-ring (bicyclic) bond motifs is 1. The Morgan fingerprint density at radius 2 is 1.38 bits per heavy atom. The van der Waals surface area contributed by atoms with Crippen molar-refractivity contribution in [3.63, 3.8) is 0 Å². The van der Waals surface area contributed by atoms with E-state index in [0.717, 1.165) is 0 Å². The van der Waals surface area contributed by atoms with Crippen molar-refractivity contribution in [2.45, 2.75) is 41.5 Å². The summed E-state index contributed by atoms with van der Waals surface area (Å²) < 4.78 is 1.47. The maximum atomic E-state index is 2.30. The molecule has 2 aliphatic carbocycles. The second kappa shape index (κ2) is 11.7. The van der Waals surface area contributed by atoms with Crippen LogP contribution >= 0.6 is 24.8 Å². The van der Waals surface area contributed by atoms with Crippen LogP contribution in [0.25, 0.3) is 0 Å². The quantitative estimate of drug-likeness (QED) is 0.341. The molecule has 0 saturated carbocycles. The Balaban J connectivity index is 0.000000390. The molecule has 0 bridgehead atoms. The van der Waals surface area contributed by atoms with Crippen LogP contribution in [0.4, 0.5) is 5.69 Å². The second-order valence-electron chi connectivity index (χ2n) is 9.84. The van der Waals surface area contributed by atoms with Gasteiger partial charge in [-0.05, 0) is 35.3 Å². The van der Waals surface area contributed by atoms with Crippen molar-refractivity contribution in [3.05, 3.63) is 111 Å². The fourth-order valence-corrected chi connectivity index (χ4v) is 4.32. The zero-order valence-electron chi connectivity index (χ0n) is 19.8. The first kappa shape index (κ1) is 28.7. The van der Waals surface area contributed by atoms with Crippen molar-refractivity contribution < 1.29 is 24.7 Å². The number of allylic oxidation sites excluding steroid dienone is 13. The molecule has 0 unspecified atom stereocenters. The van der Waals surface area contributed by atoms with Gasteiger partial charge in [0.2, 0.25) is 0 Å². The summed E-state index contributed by atoms with van der Waals surface area (Å²) in [5, 5.41) is 0. The van der Waals surface area contributed by atoms with E-state index in [0.29, 0.717) is 0 Å². The molecule has 0 N–H and O–H groups in total. The number of benzene rings is 1. The number of hydrogen-bond acceptors (Lipinski definition) is 1. The molecule has 1 nitrogen and oxygen atoms in total. The van der Waals surface area contributed by atoms with E-state index in [1.165, 1.54) is 56.1 Å². The van der Waals surface area contributed by atoms with Crippen LogP contribution in [0.1, 0.15) is 41.5 Å². The maximum absolute atomic E-state index is 2.30. The molecular weight excluding hydrogens is 512 g/mol. The summed E-state index contributed by atoms with van der Waals surface area (Å²) in [6.07, 6.45) is 19.8. The van der Waals surface area contributed by atoms with E-state index in [1.54, 1.807) is 0 Å². The van der Waals surface area contributed by atoms with Crippen molar-refractivity contribution in [2.24, 2.45) is 10.8 Å². The second-order valence-corrected chi connectivity index (χ2v) is 11.2. The Morgan fingerprint density at radius 1 is 0.719 bits per heavy atom. The predicted molar refractivity (Wildman–Crippen MR) is 141 cm³/mol. The molecule has 4 rings (SSSR count). The zero-order chi connectivity index (χ0) is 21.9. The third-order valence-corrected chi connectivity index (χ3v) is 6.39. The third-order valence-electron chi connectivity index (χ3n) is 5.32. The molecule has 0 amide bonds. The van der Waals surface area contributed by atoms with Crippen LogP contribution < -0.4 is 4.90 Å². The van der Waals surface area contributed by atoms with Gasteiger partial charge in [0.25, 0.3) is 0 Å². The SMILES string of the molecule is CC(C)(C)C1=CC=C(C(C)(C)C)N(c2ccccc2)C=C1.Cl.Cl.[Zr][C]1=CC=C2C=CC=C12. The van der Waals surface area contributed by atoms with E-state index in [2.05, 4.69) is 132 Å². The standard InChI is InChI=1S/C20H27N.C8H5.2ClH.Zr/c1-19(2,3)16-12-13-18(20(4,5)6)21(15-14-16)17-10-8-7-9-11-17;1-3-7-5-2-6-8(7)4-1;;;/h7-15H,1-6H3;1-5H;2*1H;. The fraction of sp³-hybridized carbons (Fsp3) is 0.286. The van der Waals surface area contributed by atoms with Crippen molar-refractivity contribution >= 4 is 30.5 Å². The van der Waals surface area contributed by atoms with Crippen molar-refractivity contribution in [1.29, 1.82) is 0 Å². The van der Waals surface area contributed by atoms with Crippen LogP contribution in [-0.4, -0.2) is 0 Å². The molecule has 32 heavy (non-hydrogen) atoms. The number of nitrogens with zero attached hydrogens (tertiary/aromatic N) is 1. The predicted octanol–water partition coefficient (Wildman–Crippen LogP) is 8.62. The molecule has 0 fully saturated rings. The van der Waals surface area contributed by atoms with Gasteiger partial charge >= 0.3 is 69.5 Å². The van der Waals surface area contributed by atoms with E-state index >= 15 is 0 Å². The molecule has 1 heterocycles. The molecule has 0 spiro atoms. The first-order valence-electron chi connectivity index (χ1n) is 10.6. The molecule has 1 aliphatic heterocycles. The molecule has 3 aliphatic rings. The van der Waals surface area contributed by atoms with Crippen LogP contribution in [-0.2, 0) is 24.7 Å². The summed E-state index contributed by atoms with van der Waals surface area (Å²) in [4.78, 5) is 2.30. The molecule has 169 valence electrons. The van der Waals surface area contributed by atoms with Gasteiger partial charge in [-0.2, -0.15) is 0 Å². The Kier molecular flexibility index (Phi) is 10.5. The van der Waals surface area contributed by atoms with Gasteiger partial charge in [0.05, 0.1) is 0 Å². The van der Waals surface area contributed by atoms with E-state index in [1.807, 2.05) is 0 Å². The molecule has 1 aromatic carbocycles. The van der Waals surface area contributed by atoms with Crippen LogP contribution in [0.5, 0.6) is 0 Å². The summed E-state index contributed by atoms with van der Waals surface area (Å²) in [6.45, 7) is 13.6. The normalized spacial score (nSPS) is 16.7. The molecule has 0 aromatic heterocycles. The number of halogens is 2. The first-order chi connectivity index (χ1) is 14.1. The topological polar surface area (TPSA) is 3.24 Å². The Bertz CT molecular complexity index is 1010. The van der Waals surface area contributed by atoms with E-state index in [-0.39, 0.29) is 35.6 Å². The summed E-state index contributed by atoms with van der Waals surface area (Å²) in [6, 6.07) is 10.6. The number of para-hydroxylation sites is 1. The molecule has 0 atom stereocenters. The number of anilines is 1. The summed E-state index contributed by atoms with van der Waals surface area (Å²) in [5.74, 6) is 0. The van der Waals surface area contributed by atoms with Gasteiger partial charge in [0.15, 0.2) is 0 Å². The molecule has 4 heteroatoms. The minimum absolute atomic E-state index is 0. The Labute approximate surface area is 222 Å². The number of hydrogen-bond donors (Lipinski definition) is 0. The van der Waals surface area contributed by atoms with E-state index in [4.69, 9.17) is 0 Å². The van der Waals surface area contributed by atoms with Crippen LogP contribution in [0, 0.1) is 10.8 Å². The van der Waals surface area contributed by atoms with E-state index in [9.17, 15) is 0 Å². The number of rotatable bonds is 1. The molecular formula is C28H34Cl2NZr. The van der Waals surface area contributed by atoms with Crippen molar-refractivity contribution in [2.75, 3.05) is 4.90 Å². The minimum atomic E-state index is 0. The average molecular weight is 547 g/mol. The first-order valence-corrected chi connectivity index (χ1v) is 11.8. The third kappa shape index (κ3) is 7.08. The van der Waals surface area contributed by atoms with Gasteiger partial charge in [-0.1, -0.05) is 65.8 Å². The van der Waals surface area contributed by atoms with Gasteiger partial charge in [-0.3, -0.25) is 0 Å². The van der Waals surface area contributed by atoms with Gasteiger partial charge in [0.1, 0.15) is 0 Å². The van der Waals surface area contributed by atoms with Crippen LogP contribution in [0.3, 0.4) is 0 Å². The molecule has 0 radical (unpaired) electrons. The van der Waals surface area contributed by atoms with Crippen LogP contribution in [0.15, 0.2) is 111 Å². The van der Waals surface area contributed by atoms with Gasteiger partial charge in [0, 0.05) is 23.0 Å². The zero-order valence-corrected chi connectivity index (χ0v) is 23.9. The summed E-state index contributed by atoms with van der Waals surface area (Å²) >= 11 is 1.51. The fourth-order valence-electron chi connectivity index (χ4n) is 3.55. The van der Waals surface area contributed by atoms with Gasteiger partial charge in [-0.15, -0.1) is 24.8 Å². The van der Waals surface area contributed by atoms with E-state index < -0.39 is 0 Å².